The normalized spacial score (nSPS) is 12.8. The van der Waals surface area contributed by atoms with E-state index in [1.165, 1.54) is 0 Å². The summed E-state index contributed by atoms with van der Waals surface area (Å²) < 4.78 is 10.9. The van der Waals surface area contributed by atoms with Gasteiger partial charge in [0.25, 0.3) is 0 Å². The van der Waals surface area contributed by atoms with Crippen molar-refractivity contribution in [3.8, 4) is 5.75 Å². The Kier molecular flexibility index (Phi) is 2.77. The van der Waals surface area contributed by atoms with Crippen LogP contribution in [0.2, 0.25) is 0 Å². The van der Waals surface area contributed by atoms with Crippen LogP contribution in [0.25, 0.3) is 11.1 Å². The lowest BCUT2D eigenvalue weighted by molar-refractivity contribution is 0.419. The molecule has 0 saturated carbocycles. The molecule has 0 bridgehead atoms. The monoisotopic (exact) mass is 260 g/mol. The Morgan fingerprint density at radius 3 is 2.94 bits per heavy atom. The van der Waals surface area contributed by atoms with Gasteiger partial charge in [-0.25, -0.2) is 4.98 Å². The van der Waals surface area contributed by atoms with Gasteiger partial charge in [0.05, 0.1) is 7.11 Å². The number of fused-ring (bicyclic) bond motifs is 1. The van der Waals surface area contributed by atoms with Gasteiger partial charge in [-0.05, 0) is 23.6 Å². The lowest BCUT2D eigenvalue weighted by Crippen LogP contribution is -2.10. The number of rotatable bonds is 3. The summed E-state index contributed by atoms with van der Waals surface area (Å²) in [5, 5.41) is 1.98. The van der Waals surface area contributed by atoms with Crippen molar-refractivity contribution < 1.29 is 9.15 Å². The second-order valence-electron chi connectivity index (χ2n) is 3.85. The number of hydrogen-bond donors (Lipinski definition) is 1. The molecule has 1 atom stereocenters. The first-order valence-electron chi connectivity index (χ1n) is 5.52. The maximum Gasteiger partial charge on any atom is 0.217 e. The number of thiophene rings is 1. The van der Waals surface area contributed by atoms with Crippen molar-refractivity contribution in [2.24, 2.45) is 5.73 Å². The molecule has 0 spiro atoms. The summed E-state index contributed by atoms with van der Waals surface area (Å²) in [6.45, 7) is 0. The van der Waals surface area contributed by atoms with E-state index in [9.17, 15) is 0 Å². The Bertz CT molecular complexity index is 661. The zero-order valence-corrected chi connectivity index (χ0v) is 10.6. The molecule has 3 rings (SSSR count). The minimum absolute atomic E-state index is 0.331. The van der Waals surface area contributed by atoms with Gasteiger partial charge in [0.15, 0.2) is 11.1 Å². The lowest BCUT2D eigenvalue weighted by Gasteiger charge is -2.02. The summed E-state index contributed by atoms with van der Waals surface area (Å²) in [4.78, 5) is 5.46. The van der Waals surface area contributed by atoms with E-state index in [1.54, 1.807) is 18.4 Å². The number of aromatic nitrogens is 1. The summed E-state index contributed by atoms with van der Waals surface area (Å²) in [5.74, 6) is 1.21. The Hall–Kier alpha value is -1.85. The molecule has 4 nitrogen and oxygen atoms in total. The molecule has 92 valence electrons. The van der Waals surface area contributed by atoms with Crippen molar-refractivity contribution in [1.82, 2.24) is 4.98 Å². The maximum atomic E-state index is 6.13. The van der Waals surface area contributed by atoms with E-state index in [1.807, 2.05) is 35.7 Å². The Morgan fingerprint density at radius 2 is 2.22 bits per heavy atom. The number of hydrogen-bond acceptors (Lipinski definition) is 5. The highest BCUT2D eigenvalue weighted by Crippen LogP contribution is 2.30. The molecule has 2 heterocycles. The van der Waals surface area contributed by atoms with Crippen LogP contribution in [-0.4, -0.2) is 12.1 Å². The van der Waals surface area contributed by atoms with Gasteiger partial charge in [0.1, 0.15) is 11.8 Å². The molecule has 0 aliphatic carbocycles. The number of ether oxygens (including phenoxy) is 1. The molecular formula is C13H12N2O2S. The molecule has 1 unspecified atom stereocenters. The highest BCUT2D eigenvalue weighted by atomic mass is 32.1. The molecule has 2 N–H and O–H groups in total. The Balaban J connectivity index is 2.08. The summed E-state index contributed by atoms with van der Waals surface area (Å²) in [7, 11) is 1.61. The SMILES string of the molecule is COc1cccc2oc(C(N)c3cccs3)nc12. The third-order valence-electron chi connectivity index (χ3n) is 2.73. The van der Waals surface area contributed by atoms with Gasteiger partial charge < -0.3 is 14.9 Å². The van der Waals surface area contributed by atoms with Crippen molar-refractivity contribution in [2.45, 2.75) is 6.04 Å². The van der Waals surface area contributed by atoms with E-state index in [4.69, 9.17) is 14.9 Å². The molecule has 0 amide bonds. The van der Waals surface area contributed by atoms with Crippen LogP contribution in [-0.2, 0) is 0 Å². The highest BCUT2D eigenvalue weighted by molar-refractivity contribution is 7.10. The molecule has 0 aliphatic heterocycles. The van der Waals surface area contributed by atoms with Gasteiger partial charge >= 0.3 is 0 Å². The van der Waals surface area contributed by atoms with Crippen molar-refractivity contribution in [2.75, 3.05) is 7.11 Å². The number of nitrogens with zero attached hydrogens (tertiary/aromatic N) is 1. The summed E-state index contributed by atoms with van der Waals surface area (Å²) >= 11 is 1.59. The first kappa shape index (κ1) is 11.3. The predicted molar refractivity (Wildman–Crippen MR) is 70.9 cm³/mol. The van der Waals surface area contributed by atoms with E-state index >= 15 is 0 Å². The Morgan fingerprint density at radius 1 is 1.33 bits per heavy atom. The molecule has 18 heavy (non-hydrogen) atoms. The highest BCUT2D eigenvalue weighted by Gasteiger charge is 2.18. The van der Waals surface area contributed by atoms with Gasteiger partial charge in [-0.3, -0.25) is 0 Å². The van der Waals surface area contributed by atoms with E-state index in [-0.39, 0.29) is 6.04 Å². The van der Waals surface area contributed by atoms with E-state index < -0.39 is 0 Å². The molecule has 3 aromatic rings. The zero-order valence-electron chi connectivity index (χ0n) is 9.79. The van der Waals surface area contributed by atoms with Crippen LogP contribution in [0.1, 0.15) is 16.8 Å². The van der Waals surface area contributed by atoms with Gasteiger partial charge in [0, 0.05) is 4.88 Å². The molecular weight excluding hydrogens is 248 g/mol. The topological polar surface area (TPSA) is 61.3 Å². The van der Waals surface area contributed by atoms with E-state index in [0.29, 0.717) is 22.7 Å². The largest absolute Gasteiger partial charge is 0.494 e. The molecule has 0 fully saturated rings. The van der Waals surface area contributed by atoms with Crippen LogP contribution >= 0.6 is 11.3 Å². The second-order valence-corrected chi connectivity index (χ2v) is 4.83. The van der Waals surface area contributed by atoms with Crippen LogP contribution < -0.4 is 10.5 Å². The van der Waals surface area contributed by atoms with Crippen molar-refractivity contribution in [3.63, 3.8) is 0 Å². The van der Waals surface area contributed by atoms with Crippen LogP contribution in [0.15, 0.2) is 40.1 Å². The predicted octanol–water partition coefficient (Wildman–Crippen LogP) is 2.95. The van der Waals surface area contributed by atoms with Gasteiger partial charge in [-0.2, -0.15) is 0 Å². The first-order valence-corrected chi connectivity index (χ1v) is 6.40. The van der Waals surface area contributed by atoms with E-state index in [2.05, 4.69) is 4.98 Å². The maximum absolute atomic E-state index is 6.13. The number of nitrogens with two attached hydrogens (primary N) is 1. The number of benzene rings is 1. The summed E-state index contributed by atoms with van der Waals surface area (Å²) in [6.07, 6.45) is 0. The van der Waals surface area contributed by atoms with Gasteiger partial charge in [-0.15, -0.1) is 11.3 Å². The van der Waals surface area contributed by atoms with Crippen LogP contribution in [0.3, 0.4) is 0 Å². The molecule has 0 radical (unpaired) electrons. The smallest absolute Gasteiger partial charge is 0.217 e. The third-order valence-corrected chi connectivity index (χ3v) is 3.69. The van der Waals surface area contributed by atoms with Crippen molar-refractivity contribution in [3.05, 3.63) is 46.5 Å². The quantitative estimate of drug-likeness (QED) is 0.786. The van der Waals surface area contributed by atoms with Crippen LogP contribution in [0.4, 0.5) is 0 Å². The molecule has 1 aromatic carbocycles. The molecule has 2 aromatic heterocycles. The number of methoxy groups -OCH3 is 1. The Labute approximate surface area is 108 Å². The fourth-order valence-corrected chi connectivity index (χ4v) is 2.55. The molecule has 0 aliphatic rings. The molecule has 5 heteroatoms. The second kappa shape index (κ2) is 4.44. The average molecular weight is 260 g/mol. The van der Waals surface area contributed by atoms with Crippen molar-refractivity contribution >= 4 is 22.4 Å². The van der Waals surface area contributed by atoms with Crippen LogP contribution in [0, 0.1) is 0 Å². The minimum Gasteiger partial charge on any atom is -0.494 e. The summed E-state index contributed by atoms with van der Waals surface area (Å²) in [5.41, 5.74) is 7.53. The van der Waals surface area contributed by atoms with Gasteiger partial charge in [0.2, 0.25) is 5.89 Å². The first-order chi connectivity index (χ1) is 8.79. The standard InChI is InChI=1S/C13H12N2O2S/c1-16-8-4-2-5-9-12(8)15-13(17-9)11(14)10-6-3-7-18-10/h2-7,11H,14H2,1H3. The molecule has 0 saturated heterocycles. The fraction of sp³-hybridized carbons (Fsp3) is 0.154. The average Bonchev–Trinajstić information content (AvgIpc) is 3.05. The number of para-hydroxylation sites is 1. The minimum atomic E-state index is -0.331. The summed E-state index contributed by atoms with van der Waals surface area (Å²) in [6, 6.07) is 9.18. The number of oxazole rings is 1. The van der Waals surface area contributed by atoms with Crippen molar-refractivity contribution in [1.29, 1.82) is 0 Å². The lowest BCUT2D eigenvalue weighted by atomic mass is 10.2. The van der Waals surface area contributed by atoms with Gasteiger partial charge in [-0.1, -0.05) is 12.1 Å². The van der Waals surface area contributed by atoms with Crippen LogP contribution in [0.5, 0.6) is 5.75 Å². The third kappa shape index (κ3) is 1.77. The zero-order chi connectivity index (χ0) is 12.5. The fourth-order valence-electron chi connectivity index (χ4n) is 1.83. The van der Waals surface area contributed by atoms with E-state index in [0.717, 1.165) is 4.88 Å².